The first kappa shape index (κ1) is 35.7. The van der Waals surface area contributed by atoms with Crippen LogP contribution < -0.4 is 10.6 Å². The molecule has 1 saturated carbocycles. The Kier molecular flexibility index (Phi) is 11.9. The van der Waals surface area contributed by atoms with Crippen LogP contribution in [0.1, 0.15) is 77.6 Å². The fourth-order valence-corrected chi connectivity index (χ4v) is 5.20. The molecular formula is C35H47N3O6S. The molecule has 2 aromatic carbocycles. The van der Waals surface area contributed by atoms with Crippen LogP contribution in [0.5, 0.6) is 0 Å². The van der Waals surface area contributed by atoms with Crippen LogP contribution in [0.4, 0.5) is 4.79 Å². The molecule has 0 aliphatic heterocycles. The summed E-state index contributed by atoms with van der Waals surface area (Å²) < 4.78 is 11.1. The van der Waals surface area contributed by atoms with Gasteiger partial charge in [0.15, 0.2) is 0 Å². The van der Waals surface area contributed by atoms with Gasteiger partial charge in [-0.25, -0.2) is 9.59 Å². The van der Waals surface area contributed by atoms with Crippen molar-refractivity contribution in [3.8, 4) is 0 Å². The van der Waals surface area contributed by atoms with Crippen LogP contribution in [-0.4, -0.2) is 63.9 Å². The molecule has 3 amide bonds. The van der Waals surface area contributed by atoms with Crippen LogP contribution >= 0.6 is 12.6 Å². The second-order valence-corrected chi connectivity index (χ2v) is 13.8. The van der Waals surface area contributed by atoms with E-state index < -0.39 is 53.2 Å². The lowest BCUT2D eigenvalue weighted by atomic mass is 9.99. The Balaban J connectivity index is 2.05. The molecule has 1 fully saturated rings. The van der Waals surface area contributed by atoms with E-state index in [1.165, 1.54) is 4.90 Å². The molecule has 2 N–H and O–H groups in total. The summed E-state index contributed by atoms with van der Waals surface area (Å²) in [5.74, 6) is -1.53. The Labute approximate surface area is 272 Å². The third-order valence-electron chi connectivity index (χ3n) is 7.13. The number of carbonyl (C=O) groups is 4. The van der Waals surface area contributed by atoms with Gasteiger partial charge in [-0.3, -0.25) is 9.59 Å². The maximum absolute atomic E-state index is 14.4. The van der Waals surface area contributed by atoms with Gasteiger partial charge in [-0.2, -0.15) is 12.6 Å². The van der Waals surface area contributed by atoms with Crippen LogP contribution in [0.3, 0.4) is 0 Å². The van der Waals surface area contributed by atoms with Gasteiger partial charge in [0.2, 0.25) is 11.8 Å². The lowest BCUT2D eigenvalue weighted by Crippen LogP contribution is -2.56. The summed E-state index contributed by atoms with van der Waals surface area (Å²) in [6.07, 6.45) is 1.75. The van der Waals surface area contributed by atoms with Crippen molar-refractivity contribution in [2.45, 2.75) is 96.7 Å². The number of rotatable bonds is 12. The third-order valence-corrected chi connectivity index (χ3v) is 7.49. The number of ether oxygens (including phenoxy) is 2. The molecule has 0 saturated heterocycles. The van der Waals surface area contributed by atoms with Crippen molar-refractivity contribution in [3.63, 3.8) is 0 Å². The number of thiol groups is 1. The Morgan fingerprint density at radius 1 is 0.956 bits per heavy atom. The predicted molar refractivity (Wildman–Crippen MR) is 179 cm³/mol. The normalized spacial score (nSPS) is 18.0. The molecule has 244 valence electrons. The van der Waals surface area contributed by atoms with Gasteiger partial charge in [-0.15, -0.1) is 0 Å². The summed E-state index contributed by atoms with van der Waals surface area (Å²) in [5, 5.41) is 5.56. The van der Waals surface area contributed by atoms with Gasteiger partial charge in [-0.05, 0) is 76.6 Å². The van der Waals surface area contributed by atoms with Crippen molar-refractivity contribution >= 4 is 42.6 Å². The van der Waals surface area contributed by atoms with Gasteiger partial charge in [0.05, 0.1) is 0 Å². The largest absolute Gasteiger partial charge is 0.458 e. The number of amides is 3. The highest BCUT2D eigenvalue weighted by atomic mass is 32.1. The topological polar surface area (TPSA) is 114 Å². The molecule has 0 aromatic heterocycles. The van der Waals surface area contributed by atoms with Crippen molar-refractivity contribution in [2.24, 2.45) is 5.92 Å². The summed E-state index contributed by atoms with van der Waals surface area (Å²) in [6.45, 7) is 16.3. The number of alkyl carbamates (subject to hydrolysis) is 1. The van der Waals surface area contributed by atoms with E-state index in [1.807, 2.05) is 43.3 Å². The molecule has 0 spiro atoms. The summed E-state index contributed by atoms with van der Waals surface area (Å²) in [4.78, 5) is 56.4. The number of esters is 1. The molecule has 5 unspecified atom stereocenters. The van der Waals surface area contributed by atoms with Gasteiger partial charge in [0, 0.05) is 18.2 Å². The minimum atomic E-state index is -1.13. The summed E-state index contributed by atoms with van der Waals surface area (Å²) in [7, 11) is 0. The van der Waals surface area contributed by atoms with E-state index >= 15 is 0 Å². The first-order valence-electron chi connectivity index (χ1n) is 15.2. The van der Waals surface area contributed by atoms with Crippen molar-refractivity contribution < 1.29 is 28.7 Å². The quantitative estimate of drug-likeness (QED) is 0.209. The zero-order valence-corrected chi connectivity index (χ0v) is 28.2. The second kappa shape index (κ2) is 15.0. The highest BCUT2D eigenvalue weighted by molar-refractivity contribution is 7.80. The van der Waals surface area contributed by atoms with E-state index in [-0.39, 0.29) is 24.1 Å². The van der Waals surface area contributed by atoms with Crippen molar-refractivity contribution in [1.82, 2.24) is 15.5 Å². The van der Waals surface area contributed by atoms with Crippen LogP contribution in [0.2, 0.25) is 0 Å². The Morgan fingerprint density at radius 3 is 2.11 bits per heavy atom. The summed E-state index contributed by atoms with van der Waals surface area (Å²) in [5.41, 5.74) is 0.566. The lowest BCUT2D eigenvalue weighted by Gasteiger charge is -2.35. The zero-order chi connectivity index (χ0) is 33.5. The number of carbonyl (C=O) groups excluding carboxylic acids is 4. The van der Waals surface area contributed by atoms with Crippen LogP contribution in [0.25, 0.3) is 6.08 Å². The maximum atomic E-state index is 14.4. The first-order valence-corrected chi connectivity index (χ1v) is 15.9. The van der Waals surface area contributed by atoms with E-state index in [1.54, 1.807) is 65.8 Å². The van der Waals surface area contributed by atoms with Gasteiger partial charge in [0.1, 0.15) is 29.3 Å². The third kappa shape index (κ3) is 10.7. The minimum absolute atomic E-state index is 0.0226. The molecule has 1 aliphatic rings. The highest BCUT2D eigenvalue weighted by Crippen LogP contribution is 2.41. The highest BCUT2D eigenvalue weighted by Gasteiger charge is 2.48. The number of hydrogen-bond acceptors (Lipinski definition) is 7. The summed E-state index contributed by atoms with van der Waals surface area (Å²) >= 11 is 4.37. The molecule has 0 bridgehead atoms. The molecule has 45 heavy (non-hydrogen) atoms. The Bertz CT molecular complexity index is 1370. The predicted octanol–water partition coefficient (Wildman–Crippen LogP) is 5.50. The van der Waals surface area contributed by atoms with Crippen LogP contribution in [-0.2, 0) is 30.3 Å². The number of nitrogens with zero attached hydrogens (tertiary/aromatic N) is 1. The van der Waals surface area contributed by atoms with Crippen molar-refractivity contribution in [3.05, 3.63) is 77.9 Å². The van der Waals surface area contributed by atoms with Crippen LogP contribution in [0, 0.1) is 5.92 Å². The minimum Gasteiger partial charge on any atom is -0.458 e. The second-order valence-electron chi connectivity index (χ2n) is 13.5. The Hall–Kier alpha value is -3.79. The number of hydrogen-bond donors (Lipinski definition) is 3. The molecule has 0 radical (unpaired) electrons. The smallest absolute Gasteiger partial charge is 0.408 e. The van der Waals surface area contributed by atoms with E-state index in [2.05, 4.69) is 29.8 Å². The van der Waals surface area contributed by atoms with E-state index in [0.29, 0.717) is 12.0 Å². The van der Waals surface area contributed by atoms with Crippen molar-refractivity contribution in [1.29, 1.82) is 0 Å². The first-order chi connectivity index (χ1) is 21.0. The molecule has 9 nitrogen and oxygen atoms in total. The van der Waals surface area contributed by atoms with Gasteiger partial charge in [-0.1, -0.05) is 68.1 Å². The average Bonchev–Trinajstić information content (AvgIpc) is 3.67. The SMILES string of the molecule is C=Cc1cccc(C(C(=O)NC(Cc2ccccc2)C(=O)OC(C)(C)C)N(C(=O)C(CS)NC(=O)OC(C)(C)C)C2CC2C)c1. The van der Waals surface area contributed by atoms with E-state index in [0.717, 1.165) is 11.1 Å². The standard InChI is InChI=1S/C35H47N3O6S/c1-9-23-16-13-17-25(19-23)29(30(39)36-26(32(41)43-34(3,4)5)20-24-14-11-10-12-15-24)38(28-18-22(28)2)31(40)27(21-45)37-33(42)44-35(6,7)8/h9-17,19,22,26-29,45H,1,18,20-21H2,2-8H3,(H,36,39)(H,37,42). The van der Waals surface area contributed by atoms with E-state index in [4.69, 9.17) is 9.47 Å². The molecular weight excluding hydrogens is 590 g/mol. The average molecular weight is 638 g/mol. The lowest BCUT2D eigenvalue weighted by molar-refractivity contribution is -0.159. The zero-order valence-electron chi connectivity index (χ0n) is 27.3. The monoisotopic (exact) mass is 637 g/mol. The molecule has 1 aliphatic carbocycles. The molecule has 5 atom stereocenters. The van der Waals surface area contributed by atoms with Crippen LogP contribution in [0.15, 0.2) is 61.2 Å². The maximum Gasteiger partial charge on any atom is 0.408 e. The summed E-state index contributed by atoms with van der Waals surface area (Å²) in [6, 6.07) is 13.0. The molecule has 3 rings (SSSR count). The van der Waals surface area contributed by atoms with Gasteiger partial charge >= 0.3 is 12.1 Å². The molecule has 0 heterocycles. The fourth-order valence-electron chi connectivity index (χ4n) is 4.95. The number of benzene rings is 2. The number of nitrogens with one attached hydrogen (secondary N) is 2. The van der Waals surface area contributed by atoms with Gasteiger partial charge < -0.3 is 25.0 Å². The molecule has 2 aromatic rings. The van der Waals surface area contributed by atoms with Gasteiger partial charge in [0.25, 0.3) is 0 Å². The Morgan fingerprint density at radius 2 is 1.58 bits per heavy atom. The molecule has 10 heteroatoms. The van der Waals surface area contributed by atoms with Crippen molar-refractivity contribution in [2.75, 3.05) is 5.75 Å². The van der Waals surface area contributed by atoms with E-state index in [9.17, 15) is 19.2 Å². The fraction of sp³-hybridized carbons (Fsp3) is 0.486.